The van der Waals surface area contributed by atoms with Gasteiger partial charge in [-0.15, -0.1) is 0 Å². The van der Waals surface area contributed by atoms with E-state index in [-0.39, 0.29) is 6.04 Å². The van der Waals surface area contributed by atoms with Crippen LogP contribution in [0.4, 0.5) is 0 Å². The number of ether oxygens (including phenoxy) is 2. The van der Waals surface area contributed by atoms with Crippen LogP contribution in [0.25, 0.3) is 0 Å². The molecule has 3 rings (SSSR count). The molecule has 1 heterocycles. The fraction of sp³-hybridized carbons (Fsp3) is 0.400. The number of benzene rings is 2. The van der Waals surface area contributed by atoms with Crippen molar-refractivity contribution in [1.82, 2.24) is 4.31 Å². The third-order valence-corrected chi connectivity index (χ3v) is 6.62. The highest BCUT2D eigenvalue weighted by molar-refractivity contribution is 7.89. The molecule has 5 nitrogen and oxygen atoms in total. The summed E-state index contributed by atoms with van der Waals surface area (Å²) in [6.07, 6.45) is 0.651. The normalized spacial score (nSPS) is 17.6. The first-order valence-electron chi connectivity index (χ1n) is 8.98. The molecule has 0 saturated carbocycles. The minimum Gasteiger partial charge on any atom is -0.490 e. The third kappa shape index (κ3) is 3.44. The maximum absolute atomic E-state index is 13.1. The van der Waals surface area contributed by atoms with E-state index < -0.39 is 10.0 Å². The minimum atomic E-state index is -3.54. The van der Waals surface area contributed by atoms with E-state index in [1.807, 2.05) is 39.0 Å². The van der Waals surface area contributed by atoms with Crippen molar-refractivity contribution in [1.29, 1.82) is 0 Å². The molecule has 1 aliphatic rings. The fourth-order valence-electron chi connectivity index (χ4n) is 3.40. The van der Waals surface area contributed by atoms with Gasteiger partial charge in [0.15, 0.2) is 11.5 Å². The summed E-state index contributed by atoms with van der Waals surface area (Å²) in [4.78, 5) is 0.325. The van der Waals surface area contributed by atoms with Gasteiger partial charge in [-0.3, -0.25) is 0 Å². The Morgan fingerprint density at radius 1 is 1.04 bits per heavy atom. The number of rotatable bonds is 6. The van der Waals surface area contributed by atoms with Crippen LogP contribution in [0.5, 0.6) is 11.5 Å². The van der Waals surface area contributed by atoms with Gasteiger partial charge in [0.25, 0.3) is 0 Å². The van der Waals surface area contributed by atoms with E-state index in [0.29, 0.717) is 36.8 Å². The molecular weight excluding hydrogens is 350 g/mol. The molecule has 0 amide bonds. The van der Waals surface area contributed by atoms with E-state index in [2.05, 4.69) is 0 Å². The predicted molar refractivity (Wildman–Crippen MR) is 101 cm³/mol. The molecule has 2 aromatic rings. The fourth-order valence-corrected chi connectivity index (χ4v) is 5.03. The first-order valence-corrected chi connectivity index (χ1v) is 10.4. The molecule has 0 radical (unpaired) electrons. The third-order valence-electron chi connectivity index (χ3n) is 4.64. The van der Waals surface area contributed by atoms with Gasteiger partial charge in [0.1, 0.15) is 0 Å². The summed E-state index contributed by atoms with van der Waals surface area (Å²) in [7, 11) is -3.54. The van der Waals surface area contributed by atoms with Crippen molar-refractivity contribution >= 4 is 10.0 Å². The molecule has 1 aliphatic heterocycles. The number of hydrogen-bond acceptors (Lipinski definition) is 4. The van der Waals surface area contributed by atoms with Crippen molar-refractivity contribution in [2.45, 2.75) is 38.1 Å². The van der Waals surface area contributed by atoms with Crippen LogP contribution in [0.1, 0.15) is 37.9 Å². The van der Waals surface area contributed by atoms with Crippen LogP contribution < -0.4 is 9.47 Å². The van der Waals surface area contributed by atoms with Crippen LogP contribution in [-0.2, 0) is 16.4 Å². The van der Waals surface area contributed by atoms with Gasteiger partial charge in [-0.2, -0.15) is 4.31 Å². The lowest BCUT2D eigenvalue weighted by Gasteiger charge is -2.34. The SMILES string of the molecule is CCOc1cc2c(cc1OCC)C(C)N(S(=O)(=O)c1ccccc1)CC2. The molecule has 0 aliphatic carbocycles. The van der Waals surface area contributed by atoms with E-state index in [9.17, 15) is 8.42 Å². The van der Waals surface area contributed by atoms with Crippen molar-refractivity contribution in [2.24, 2.45) is 0 Å². The summed E-state index contributed by atoms with van der Waals surface area (Å²) in [5.41, 5.74) is 2.09. The smallest absolute Gasteiger partial charge is 0.243 e. The van der Waals surface area contributed by atoms with Crippen molar-refractivity contribution in [3.05, 3.63) is 53.6 Å². The Labute approximate surface area is 155 Å². The Balaban J connectivity index is 1.99. The summed E-state index contributed by atoms with van der Waals surface area (Å²) in [6.45, 7) is 7.32. The molecule has 140 valence electrons. The van der Waals surface area contributed by atoms with Crippen molar-refractivity contribution in [3.63, 3.8) is 0 Å². The topological polar surface area (TPSA) is 55.8 Å². The zero-order valence-corrected chi connectivity index (χ0v) is 16.3. The number of sulfonamides is 1. The Bertz CT molecular complexity index is 865. The second-order valence-electron chi connectivity index (χ2n) is 6.22. The number of hydrogen-bond donors (Lipinski definition) is 0. The molecular formula is C20H25NO4S. The molecule has 0 aromatic heterocycles. The molecule has 0 bridgehead atoms. The molecule has 26 heavy (non-hydrogen) atoms. The molecule has 2 aromatic carbocycles. The van der Waals surface area contributed by atoms with Crippen LogP contribution in [0.15, 0.2) is 47.4 Å². The first kappa shape index (κ1) is 18.7. The second kappa shape index (κ2) is 7.68. The van der Waals surface area contributed by atoms with Gasteiger partial charge in [-0.1, -0.05) is 18.2 Å². The summed E-state index contributed by atoms with van der Waals surface area (Å²) < 4.78 is 39.1. The molecule has 0 spiro atoms. The number of fused-ring (bicyclic) bond motifs is 1. The Morgan fingerprint density at radius 2 is 1.65 bits per heavy atom. The van der Waals surface area contributed by atoms with Crippen molar-refractivity contribution < 1.29 is 17.9 Å². The van der Waals surface area contributed by atoms with Gasteiger partial charge in [0, 0.05) is 12.6 Å². The van der Waals surface area contributed by atoms with Crippen LogP contribution in [0, 0.1) is 0 Å². The van der Waals surface area contributed by atoms with Crippen molar-refractivity contribution in [3.8, 4) is 11.5 Å². The lowest BCUT2D eigenvalue weighted by atomic mass is 9.94. The largest absolute Gasteiger partial charge is 0.490 e. The Hall–Kier alpha value is -2.05. The van der Waals surface area contributed by atoms with E-state index >= 15 is 0 Å². The zero-order valence-electron chi connectivity index (χ0n) is 15.4. The van der Waals surface area contributed by atoms with Gasteiger partial charge < -0.3 is 9.47 Å². The lowest BCUT2D eigenvalue weighted by Crippen LogP contribution is -2.38. The van der Waals surface area contributed by atoms with E-state index in [0.717, 1.165) is 16.9 Å². The lowest BCUT2D eigenvalue weighted by molar-refractivity contribution is 0.282. The molecule has 0 saturated heterocycles. The summed E-state index contributed by atoms with van der Waals surface area (Å²) in [5, 5.41) is 0. The summed E-state index contributed by atoms with van der Waals surface area (Å²) in [5.74, 6) is 1.39. The van der Waals surface area contributed by atoms with Gasteiger partial charge in [-0.25, -0.2) is 8.42 Å². The van der Waals surface area contributed by atoms with Crippen LogP contribution in [-0.4, -0.2) is 32.5 Å². The second-order valence-corrected chi connectivity index (χ2v) is 8.11. The molecule has 1 atom stereocenters. The Kier molecular flexibility index (Phi) is 5.53. The maximum atomic E-state index is 13.1. The van der Waals surface area contributed by atoms with Crippen LogP contribution >= 0.6 is 0 Å². The monoisotopic (exact) mass is 375 g/mol. The van der Waals surface area contributed by atoms with Gasteiger partial charge in [0.2, 0.25) is 10.0 Å². The first-order chi connectivity index (χ1) is 12.5. The molecule has 0 N–H and O–H groups in total. The zero-order chi connectivity index (χ0) is 18.7. The van der Waals surface area contributed by atoms with Gasteiger partial charge >= 0.3 is 0 Å². The highest BCUT2D eigenvalue weighted by atomic mass is 32.2. The van der Waals surface area contributed by atoms with Gasteiger partial charge in [-0.05, 0) is 62.6 Å². The summed E-state index contributed by atoms with van der Waals surface area (Å²) in [6, 6.07) is 12.3. The highest BCUT2D eigenvalue weighted by Gasteiger charge is 2.34. The predicted octanol–water partition coefficient (Wildman–Crippen LogP) is 3.79. The minimum absolute atomic E-state index is 0.265. The van der Waals surface area contributed by atoms with E-state index in [1.165, 1.54) is 0 Å². The van der Waals surface area contributed by atoms with Crippen molar-refractivity contribution in [2.75, 3.05) is 19.8 Å². The maximum Gasteiger partial charge on any atom is 0.243 e. The summed E-state index contributed by atoms with van der Waals surface area (Å²) >= 11 is 0. The molecule has 1 unspecified atom stereocenters. The Morgan fingerprint density at radius 3 is 2.27 bits per heavy atom. The standard InChI is InChI=1S/C20H25NO4S/c1-4-24-19-13-16-11-12-21(15(3)18(16)14-20(19)25-5-2)26(22,23)17-9-7-6-8-10-17/h6-10,13-15H,4-5,11-12H2,1-3H3. The number of nitrogens with zero attached hydrogens (tertiary/aromatic N) is 1. The van der Waals surface area contributed by atoms with Crippen LogP contribution in [0.3, 0.4) is 0 Å². The molecule has 6 heteroatoms. The van der Waals surface area contributed by atoms with E-state index in [1.54, 1.807) is 28.6 Å². The molecule has 0 fully saturated rings. The van der Waals surface area contributed by atoms with Gasteiger partial charge in [0.05, 0.1) is 18.1 Å². The average molecular weight is 375 g/mol. The quantitative estimate of drug-likeness (QED) is 0.771. The van der Waals surface area contributed by atoms with Crippen LogP contribution in [0.2, 0.25) is 0 Å². The average Bonchev–Trinajstić information content (AvgIpc) is 2.64. The highest BCUT2D eigenvalue weighted by Crippen LogP contribution is 2.40. The van der Waals surface area contributed by atoms with E-state index in [4.69, 9.17) is 9.47 Å².